The Labute approximate surface area is 125 Å². The SMILES string of the molecule is CCC1COCCN1CCCOc1cccc(C(=O)O)c1. The van der Waals surface area contributed by atoms with Crippen molar-refractivity contribution >= 4 is 5.97 Å². The lowest BCUT2D eigenvalue weighted by molar-refractivity contribution is -0.0102. The maximum Gasteiger partial charge on any atom is 0.335 e. The number of rotatable bonds is 7. The molecule has 116 valence electrons. The van der Waals surface area contributed by atoms with Crippen LogP contribution in [0.2, 0.25) is 0 Å². The highest BCUT2D eigenvalue weighted by molar-refractivity contribution is 5.87. The topological polar surface area (TPSA) is 59.0 Å². The molecular weight excluding hydrogens is 270 g/mol. The summed E-state index contributed by atoms with van der Waals surface area (Å²) in [6, 6.07) is 7.12. The van der Waals surface area contributed by atoms with Crippen LogP contribution in [-0.4, -0.2) is 54.9 Å². The third kappa shape index (κ3) is 4.72. The van der Waals surface area contributed by atoms with E-state index in [1.165, 1.54) is 0 Å². The smallest absolute Gasteiger partial charge is 0.335 e. The molecule has 0 aromatic heterocycles. The Kier molecular flexibility index (Phi) is 6.02. The molecule has 0 saturated carbocycles. The van der Waals surface area contributed by atoms with E-state index < -0.39 is 5.97 Å². The lowest BCUT2D eigenvalue weighted by Crippen LogP contribution is -2.45. The van der Waals surface area contributed by atoms with Gasteiger partial charge in [-0.25, -0.2) is 4.79 Å². The standard InChI is InChI=1S/C16H23NO4/c1-2-14-12-20-10-8-17(14)7-4-9-21-15-6-3-5-13(11-15)16(18)19/h3,5-6,11,14H,2,4,7-10,12H2,1H3,(H,18,19). The first-order valence-electron chi connectivity index (χ1n) is 7.48. The molecule has 1 aliphatic heterocycles. The van der Waals surface area contributed by atoms with Gasteiger partial charge in [0.1, 0.15) is 5.75 Å². The number of carboxylic acid groups (broad SMARTS) is 1. The molecule has 0 bridgehead atoms. The monoisotopic (exact) mass is 293 g/mol. The van der Waals surface area contributed by atoms with E-state index in [1.54, 1.807) is 24.3 Å². The van der Waals surface area contributed by atoms with Crippen molar-refractivity contribution in [3.8, 4) is 5.75 Å². The van der Waals surface area contributed by atoms with Gasteiger partial charge in [-0.2, -0.15) is 0 Å². The summed E-state index contributed by atoms with van der Waals surface area (Å²) >= 11 is 0. The summed E-state index contributed by atoms with van der Waals surface area (Å²) in [7, 11) is 0. The molecule has 1 atom stereocenters. The summed E-state index contributed by atoms with van der Waals surface area (Å²) in [5, 5.41) is 8.93. The van der Waals surface area contributed by atoms with Crippen LogP contribution in [0.4, 0.5) is 0 Å². The van der Waals surface area contributed by atoms with Gasteiger partial charge in [0.2, 0.25) is 0 Å². The predicted molar refractivity (Wildman–Crippen MR) is 80.0 cm³/mol. The summed E-state index contributed by atoms with van der Waals surface area (Å²) in [6.45, 7) is 6.36. The number of aromatic carboxylic acids is 1. The fourth-order valence-corrected chi connectivity index (χ4v) is 2.54. The number of ether oxygens (including phenoxy) is 2. The van der Waals surface area contributed by atoms with Gasteiger partial charge in [-0.1, -0.05) is 13.0 Å². The highest BCUT2D eigenvalue weighted by Gasteiger charge is 2.20. The molecule has 1 aliphatic rings. The quantitative estimate of drug-likeness (QED) is 0.781. The van der Waals surface area contributed by atoms with Crippen LogP contribution in [0.5, 0.6) is 5.75 Å². The summed E-state index contributed by atoms with van der Waals surface area (Å²) < 4.78 is 11.1. The van der Waals surface area contributed by atoms with Gasteiger partial charge in [0, 0.05) is 19.1 Å². The van der Waals surface area contributed by atoms with Gasteiger partial charge >= 0.3 is 5.97 Å². The Morgan fingerprint density at radius 3 is 3.14 bits per heavy atom. The minimum Gasteiger partial charge on any atom is -0.494 e. The summed E-state index contributed by atoms with van der Waals surface area (Å²) in [6.07, 6.45) is 2.02. The van der Waals surface area contributed by atoms with Crippen molar-refractivity contribution in [1.82, 2.24) is 4.90 Å². The molecule has 1 fully saturated rings. The third-order valence-electron chi connectivity index (χ3n) is 3.76. The predicted octanol–water partition coefficient (Wildman–Crippen LogP) is 2.26. The fourth-order valence-electron chi connectivity index (χ4n) is 2.54. The lowest BCUT2D eigenvalue weighted by Gasteiger charge is -2.34. The number of carboxylic acids is 1. The van der Waals surface area contributed by atoms with Crippen molar-refractivity contribution < 1.29 is 19.4 Å². The Morgan fingerprint density at radius 1 is 1.52 bits per heavy atom. The number of hydrogen-bond acceptors (Lipinski definition) is 4. The van der Waals surface area contributed by atoms with E-state index in [0.29, 0.717) is 18.4 Å². The van der Waals surface area contributed by atoms with Gasteiger partial charge in [-0.3, -0.25) is 4.90 Å². The Morgan fingerprint density at radius 2 is 2.38 bits per heavy atom. The zero-order chi connectivity index (χ0) is 15.1. The molecule has 21 heavy (non-hydrogen) atoms. The second kappa shape index (κ2) is 8.00. The average Bonchev–Trinajstić information content (AvgIpc) is 2.52. The van der Waals surface area contributed by atoms with Crippen molar-refractivity contribution in [2.45, 2.75) is 25.8 Å². The van der Waals surface area contributed by atoms with Gasteiger partial charge in [0.15, 0.2) is 0 Å². The minimum absolute atomic E-state index is 0.256. The van der Waals surface area contributed by atoms with Crippen LogP contribution < -0.4 is 4.74 Å². The van der Waals surface area contributed by atoms with Gasteiger partial charge in [0.05, 0.1) is 25.4 Å². The molecule has 1 aromatic carbocycles. The fraction of sp³-hybridized carbons (Fsp3) is 0.562. The molecule has 0 radical (unpaired) electrons. The first kappa shape index (κ1) is 15.8. The maximum atomic E-state index is 10.9. The molecule has 1 saturated heterocycles. The zero-order valence-corrected chi connectivity index (χ0v) is 12.5. The van der Waals surface area contributed by atoms with Crippen LogP contribution in [0.15, 0.2) is 24.3 Å². The number of hydrogen-bond donors (Lipinski definition) is 1. The Balaban J connectivity index is 1.74. The van der Waals surface area contributed by atoms with Crippen LogP contribution in [0.3, 0.4) is 0 Å². The zero-order valence-electron chi connectivity index (χ0n) is 12.5. The Bertz CT molecular complexity index is 463. The molecule has 1 N–H and O–H groups in total. The van der Waals surface area contributed by atoms with Crippen LogP contribution in [0, 0.1) is 0 Å². The van der Waals surface area contributed by atoms with E-state index >= 15 is 0 Å². The molecule has 0 spiro atoms. The van der Waals surface area contributed by atoms with Crippen LogP contribution in [0.25, 0.3) is 0 Å². The average molecular weight is 293 g/mol. The van der Waals surface area contributed by atoms with E-state index in [2.05, 4.69) is 11.8 Å². The largest absolute Gasteiger partial charge is 0.494 e. The minimum atomic E-state index is -0.931. The lowest BCUT2D eigenvalue weighted by atomic mass is 10.1. The summed E-state index contributed by atoms with van der Waals surface area (Å²) in [5.74, 6) is -0.316. The van der Waals surface area contributed by atoms with E-state index in [1.807, 2.05) is 0 Å². The highest BCUT2D eigenvalue weighted by Crippen LogP contribution is 2.14. The van der Waals surface area contributed by atoms with Crippen LogP contribution in [-0.2, 0) is 4.74 Å². The van der Waals surface area contributed by atoms with E-state index in [0.717, 1.165) is 39.1 Å². The molecule has 2 rings (SSSR count). The molecular formula is C16H23NO4. The van der Waals surface area contributed by atoms with Gasteiger partial charge in [-0.05, 0) is 31.0 Å². The molecule has 0 amide bonds. The van der Waals surface area contributed by atoms with Crippen LogP contribution >= 0.6 is 0 Å². The van der Waals surface area contributed by atoms with Gasteiger partial charge in [-0.15, -0.1) is 0 Å². The first-order chi connectivity index (χ1) is 10.2. The van der Waals surface area contributed by atoms with Gasteiger partial charge < -0.3 is 14.6 Å². The molecule has 1 unspecified atom stereocenters. The van der Waals surface area contributed by atoms with Crippen molar-refractivity contribution in [2.24, 2.45) is 0 Å². The van der Waals surface area contributed by atoms with Crippen molar-refractivity contribution in [3.05, 3.63) is 29.8 Å². The maximum absolute atomic E-state index is 10.9. The molecule has 5 nitrogen and oxygen atoms in total. The number of carbonyl (C=O) groups is 1. The van der Waals surface area contributed by atoms with Crippen LogP contribution in [0.1, 0.15) is 30.1 Å². The van der Waals surface area contributed by atoms with Crippen molar-refractivity contribution in [3.63, 3.8) is 0 Å². The molecule has 5 heteroatoms. The van der Waals surface area contributed by atoms with Crippen molar-refractivity contribution in [2.75, 3.05) is 32.9 Å². The molecule has 1 heterocycles. The normalized spacial score (nSPS) is 19.4. The highest BCUT2D eigenvalue weighted by atomic mass is 16.5. The van der Waals surface area contributed by atoms with E-state index in [4.69, 9.17) is 14.6 Å². The summed E-state index contributed by atoms with van der Waals surface area (Å²) in [4.78, 5) is 13.3. The molecule has 0 aliphatic carbocycles. The van der Waals surface area contributed by atoms with Gasteiger partial charge in [0.25, 0.3) is 0 Å². The first-order valence-corrected chi connectivity index (χ1v) is 7.48. The number of benzene rings is 1. The second-order valence-corrected chi connectivity index (χ2v) is 5.21. The Hall–Kier alpha value is -1.59. The van der Waals surface area contributed by atoms with Crippen molar-refractivity contribution in [1.29, 1.82) is 0 Å². The third-order valence-corrected chi connectivity index (χ3v) is 3.76. The van der Waals surface area contributed by atoms with E-state index in [-0.39, 0.29) is 5.56 Å². The molecule has 1 aromatic rings. The summed E-state index contributed by atoms with van der Waals surface area (Å²) in [5.41, 5.74) is 0.256. The number of morpholine rings is 1. The number of nitrogens with zero attached hydrogens (tertiary/aromatic N) is 1. The van der Waals surface area contributed by atoms with E-state index in [9.17, 15) is 4.79 Å². The second-order valence-electron chi connectivity index (χ2n) is 5.21.